The van der Waals surface area contributed by atoms with Crippen molar-refractivity contribution in [2.75, 3.05) is 5.32 Å². The number of nitrogens with zero attached hydrogens (tertiary/aromatic N) is 4. The van der Waals surface area contributed by atoms with Crippen LogP contribution in [0, 0.1) is 12.7 Å². The third-order valence-electron chi connectivity index (χ3n) is 4.21. The lowest BCUT2D eigenvalue weighted by Gasteiger charge is -2.02. The van der Waals surface area contributed by atoms with Gasteiger partial charge in [0.15, 0.2) is 5.13 Å². The highest BCUT2D eigenvalue weighted by atomic mass is 32.1. The largest absolute Gasteiger partial charge is 0.298 e. The second kappa shape index (κ2) is 6.88. The van der Waals surface area contributed by atoms with Gasteiger partial charge in [0, 0.05) is 22.5 Å². The summed E-state index contributed by atoms with van der Waals surface area (Å²) in [6.45, 7) is 4.62. The van der Waals surface area contributed by atoms with Gasteiger partial charge in [0.05, 0.1) is 11.2 Å². The smallest absolute Gasteiger partial charge is 0.257 e. The molecule has 0 spiro atoms. The molecule has 0 atom stereocenters. The highest BCUT2D eigenvalue weighted by molar-refractivity contribution is 7.16. The summed E-state index contributed by atoms with van der Waals surface area (Å²) in [5, 5.41) is 11.5. The molecule has 6 nitrogen and oxygen atoms in total. The number of hydrogen-bond acceptors (Lipinski definition) is 5. The quantitative estimate of drug-likeness (QED) is 0.573. The Bertz CT molecular complexity index is 1130. The topological polar surface area (TPSA) is 72.7 Å². The normalized spacial score (nSPS) is 11.1. The number of benzene rings is 2. The molecule has 0 radical (unpaired) electrons. The standard InChI is InChI=1S/C19H16FN5OS/c1-3-25-16-9-6-13(10-15(16)23-24-25)18(26)22-19-21-17(11(2)27-19)12-4-7-14(20)8-5-12/h4-10H,3H2,1-2H3,(H,21,22,26). The molecule has 0 aliphatic carbocycles. The first-order valence-electron chi connectivity index (χ1n) is 8.43. The maximum absolute atomic E-state index is 13.1. The van der Waals surface area contributed by atoms with Gasteiger partial charge in [-0.1, -0.05) is 5.21 Å². The van der Waals surface area contributed by atoms with Gasteiger partial charge >= 0.3 is 0 Å². The van der Waals surface area contributed by atoms with Gasteiger partial charge in [-0.15, -0.1) is 16.4 Å². The number of fused-ring (bicyclic) bond motifs is 1. The molecule has 2 heterocycles. The number of carbonyl (C=O) groups excluding carboxylic acids is 1. The molecule has 0 saturated heterocycles. The summed E-state index contributed by atoms with van der Waals surface area (Å²) >= 11 is 1.38. The first-order chi connectivity index (χ1) is 13.0. The number of thiazole rings is 1. The summed E-state index contributed by atoms with van der Waals surface area (Å²) in [7, 11) is 0. The van der Waals surface area contributed by atoms with Crippen molar-refractivity contribution >= 4 is 33.4 Å². The zero-order chi connectivity index (χ0) is 19.0. The highest BCUT2D eigenvalue weighted by Gasteiger charge is 2.14. The van der Waals surface area contributed by atoms with Crippen molar-refractivity contribution in [1.82, 2.24) is 20.0 Å². The molecule has 8 heteroatoms. The van der Waals surface area contributed by atoms with Crippen LogP contribution < -0.4 is 5.32 Å². The van der Waals surface area contributed by atoms with Gasteiger partial charge in [-0.05, 0) is 56.3 Å². The van der Waals surface area contributed by atoms with Crippen molar-refractivity contribution < 1.29 is 9.18 Å². The minimum atomic E-state index is -0.296. The van der Waals surface area contributed by atoms with Crippen LogP contribution in [0.2, 0.25) is 0 Å². The minimum absolute atomic E-state index is 0.262. The number of hydrogen-bond donors (Lipinski definition) is 1. The van der Waals surface area contributed by atoms with Crippen molar-refractivity contribution in [3.05, 3.63) is 58.7 Å². The number of nitrogens with one attached hydrogen (secondary N) is 1. The van der Waals surface area contributed by atoms with Crippen LogP contribution in [0.15, 0.2) is 42.5 Å². The Labute approximate surface area is 158 Å². The summed E-state index contributed by atoms with van der Waals surface area (Å²) in [5.74, 6) is -0.557. The summed E-state index contributed by atoms with van der Waals surface area (Å²) in [6.07, 6.45) is 0. The summed E-state index contributed by atoms with van der Waals surface area (Å²) < 4.78 is 14.9. The lowest BCUT2D eigenvalue weighted by molar-refractivity contribution is 0.102. The molecule has 4 rings (SSSR count). The van der Waals surface area contributed by atoms with E-state index in [2.05, 4.69) is 20.6 Å². The first-order valence-corrected chi connectivity index (χ1v) is 9.25. The van der Waals surface area contributed by atoms with Crippen LogP contribution in [0.5, 0.6) is 0 Å². The Balaban J connectivity index is 1.58. The van der Waals surface area contributed by atoms with E-state index in [1.54, 1.807) is 28.9 Å². The zero-order valence-corrected chi connectivity index (χ0v) is 15.5. The second-order valence-corrected chi connectivity index (χ2v) is 7.20. The van der Waals surface area contributed by atoms with Crippen molar-refractivity contribution in [1.29, 1.82) is 0 Å². The van der Waals surface area contributed by atoms with Crippen LogP contribution in [0.1, 0.15) is 22.2 Å². The summed E-state index contributed by atoms with van der Waals surface area (Å²) in [4.78, 5) is 18.0. The Kier molecular flexibility index (Phi) is 4.41. The molecule has 0 bridgehead atoms. The molecule has 0 aliphatic heterocycles. The van der Waals surface area contributed by atoms with Gasteiger partial charge in [0.1, 0.15) is 11.3 Å². The molecule has 0 fully saturated rings. The third-order valence-corrected chi connectivity index (χ3v) is 5.10. The SMILES string of the molecule is CCn1nnc2cc(C(=O)Nc3nc(-c4ccc(F)cc4)c(C)s3)ccc21. The van der Waals surface area contributed by atoms with Gasteiger partial charge in [0.25, 0.3) is 5.91 Å². The summed E-state index contributed by atoms with van der Waals surface area (Å²) in [5.41, 5.74) is 3.59. The van der Waals surface area contributed by atoms with Gasteiger partial charge in [0.2, 0.25) is 0 Å². The van der Waals surface area contributed by atoms with E-state index in [4.69, 9.17) is 0 Å². The van der Waals surface area contributed by atoms with E-state index in [0.717, 1.165) is 21.7 Å². The van der Waals surface area contributed by atoms with Crippen molar-refractivity contribution in [3.63, 3.8) is 0 Å². The Morgan fingerprint density at radius 1 is 1.22 bits per heavy atom. The van der Waals surface area contributed by atoms with E-state index >= 15 is 0 Å². The van der Waals surface area contributed by atoms with Crippen LogP contribution >= 0.6 is 11.3 Å². The van der Waals surface area contributed by atoms with Gasteiger partial charge in [-0.25, -0.2) is 14.1 Å². The highest BCUT2D eigenvalue weighted by Crippen LogP contribution is 2.30. The number of aromatic nitrogens is 4. The van der Waals surface area contributed by atoms with Crippen molar-refractivity contribution in [2.45, 2.75) is 20.4 Å². The predicted octanol–water partition coefficient (Wildman–Crippen LogP) is 4.27. The van der Waals surface area contributed by atoms with Gasteiger partial charge in [-0.2, -0.15) is 0 Å². The lowest BCUT2D eigenvalue weighted by atomic mass is 10.1. The number of aryl methyl sites for hydroxylation is 2. The molecular weight excluding hydrogens is 365 g/mol. The number of rotatable bonds is 4. The zero-order valence-electron chi connectivity index (χ0n) is 14.7. The molecule has 0 aliphatic rings. The van der Waals surface area contributed by atoms with E-state index in [1.807, 2.05) is 19.9 Å². The average Bonchev–Trinajstić information content (AvgIpc) is 3.24. The fourth-order valence-electron chi connectivity index (χ4n) is 2.84. The molecule has 2 aromatic carbocycles. The number of anilines is 1. The van der Waals surface area contributed by atoms with E-state index in [-0.39, 0.29) is 11.7 Å². The number of carbonyl (C=O) groups is 1. The molecule has 2 aromatic heterocycles. The predicted molar refractivity (Wildman–Crippen MR) is 103 cm³/mol. The van der Waals surface area contributed by atoms with Crippen molar-refractivity contribution in [3.8, 4) is 11.3 Å². The Morgan fingerprint density at radius 3 is 2.74 bits per heavy atom. The molecule has 0 saturated carbocycles. The molecule has 1 N–H and O–H groups in total. The van der Waals surface area contributed by atoms with E-state index in [1.165, 1.54) is 23.5 Å². The van der Waals surface area contributed by atoms with Crippen LogP contribution in [-0.4, -0.2) is 25.9 Å². The van der Waals surface area contributed by atoms with Crippen LogP contribution in [0.3, 0.4) is 0 Å². The summed E-state index contributed by atoms with van der Waals surface area (Å²) in [6, 6.07) is 11.4. The monoisotopic (exact) mass is 381 g/mol. The fourth-order valence-corrected chi connectivity index (χ4v) is 3.67. The van der Waals surface area contributed by atoms with Crippen molar-refractivity contribution in [2.24, 2.45) is 0 Å². The minimum Gasteiger partial charge on any atom is -0.298 e. The molecule has 27 heavy (non-hydrogen) atoms. The maximum atomic E-state index is 13.1. The maximum Gasteiger partial charge on any atom is 0.257 e. The van der Waals surface area contributed by atoms with Gasteiger partial charge in [-0.3, -0.25) is 10.1 Å². The van der Waals surface area contributed by atoms with Gasteiger partial charge < -0.3 is 0 Å². The molecule has 4 aromatic rings. The number of halogens is 1. The van der Waals surface area contributed by atoms with E-state index < -0.39 is 0 Å². The Hall–Kier alpha value is -3.13. The average molecular weight is 381 g/mol. The lowest BCUT2D eigenvalue weighted by Crippen LogP contribution is -2.11. The molecule has 136 valence electrons. The second-order valence-electron chi connectivity index (χ2n) is 5.99. The van der Waals surface area contributed by atoms with Crippen LogP contribution in [0.4, 0.5) is 9.52 Å². The van der Waals surface area contributed by atoms with E-state index in [9.17, 15) is 9.18 Å². The first kappa shape index (κ1) is 17.3. The fraction of sp³-hybridized carbons (Fsp3) is 0.158. The third kappa shape index (κ3) is 3.31. The number of amides is 1. The molecule has 1 amide bonds. The van der Waals surface area contributed by atoms with Crippen LogP contribution in [-0.2, 0) is 6.54 Å². The van der Waals surface area contributed by atoms with Crippen LogP contribution in [0.25, 0.3) is 22.3 Å². The molecule has 0 unspecified atom stereocenters. The Morgan fingerprint density at radius 2 is 2.00 bits per heavy atom. The molecular formula is C19H16FN5OS. The van der Waals surface area contributed by atoms with E-state index in [0.29, 0.717) is 22.8 Å².